The molecule has 1 saturated carbocycles. The molecular formula is C18H34N2O. The largest absolute Gasteiger partial charge is 0.343 e. The number of piperidine rings is 1. The predicted octanol–water partition coefficient (Wildman–Crippen LogP) is 3.39. The Kier molecular flexibility index (Phi) is 6.09. The van der Waals surface area contributed by atoms with Gasteiger partial charge < -0.3 is 9.80 Å². The van der Waals surface area contributed by atoms with Gasteiger partial charge in [-0.15, -0.1) is 0 Å². The summed E-state index contributed by atoms with van der Waals surface area (Å²) in [6.07, 6.45) is 7.74. The Balaban J connectivity index is 1.72. The lowest BCUT2D eigenvalue weighted by atomic mass is 9.84. The lowest BCUT2D eigenvalue weighted by molar-refractivity contribution is -0.136. The molecule has 0 radical (unpaired) electrons. The average Bonchev–Trinajstić information content (AvgIpc) is 2.49. The Morgan fingerprint density at radius 3 is 2.19 bits per heavy atom. The van der Waals surface area contributed by atoms with Crippen molar-refractivity contribution >= 4 is 5.91 Å². The highest BCUT2D eigenvalue weighted by Crippen LogP contribution is 2.29. The predicted molar refractivity (Wildman–Crippen MR) is 88.2 cm³/mol. The van der Waals surface area contributed by atoms with E-state index >= 15 is 0 Å². The van der Waals surface area contributed by atoms with Gasteiger partial charge in [0.2, 0.25) is 5.91 Å². The maximum atomic E-state index is 12.1. The van der Waals surface area contributed by atoms with E-state index in [4.69, 9.17) is 0 Å². The van der Waals surface area contributed by atoms with Gasteiger partial charge in [0.25, 0.3) is 0 Å². The zero-order valence-electron chi connectivity index (χ0n) is 14.5. The highest BCUT2D eigenvalue weighted by Gasteiger charge is 2.28. The van der Waals surface area contributed by atoms with Crippen molar-refractivity contribution in [3.05, 3.63) is 0 Å². The van der Waals surface area contributed by atoms with Crippen molar-refractivity contribution in [2.75, 3.05) is 26.7 Å². The number of rotatable bonds is 4. The quantitative estimate of drug-likeness (QED) is 0.793. The van der Waals surface area contributed by atoms with Gasteiger partial charge >= 0.3 is 0 Å². The zero-order chi connectivity index (χ0) is 15.4. The maximum Gasteiger partial charge on any atom is 0.225 e. The average molecular weight is 294 g/mol. The molecule has 3 nitrogen and oxygen atoms in total. The van der Waals surface area contributed by atoms with Crippen LogP contribution in [0.4, 0.5) is 0 Å². The second-order valence-corrected chi connectivity index (χ2v) is 7.76. The molecule has 0 spiro atoms. The van der Waals surface area contributed by atoms with Crippen LogP contribution in [0.5, 0.6) is 0 Å². The number of amides is 1. The minimum atomic E-state index is 0.128. The van der Waals surface area contributed by atoms with E-state index in [0.717, 1.165) is 11.8 Å². The Labute approximate surface area is 131 Å². The molecule has 1 heterocycles. The van der Waals surface area contributed by atoms with Crippen molar-refractivity contribution in [1.29, 1.82) is 0 Å². The molecule has 0 bridgehead atoms. The van der Waals surface area contributed by atoms with Crippen LogP contribution in [0, 0.1) is 17.8 Å². The number of carbonyl (C=O) groups excluding carboxylic acids is 1. The molecule has 0 aromatic carbocycles. The van der Waals surface area contributed by atoms with Crippen molar-refractivity contribution in [3.8, 4) is 0 Å². The van der Waals surface area contributed by atoms with Gasteiger partial charge in [-0.3, -0.25) is 4.79 Å². The summed E-state index contributed by atoms with van der Waals surface area (Å²) in [5, 5.41) is 0. The van der Waals surface area contributed by atoms with Crippen LogP contribution in [0.2, 0.25) is 0 Å². The molecule has 0 unspecified atom stereocenters. The molecule has 1 aliphatic carbocycles. The molecule has 3 heteroatoms. The molecule has 0 N–H and O–H groups in total. The molecule has 2 aliphatic rings. The maximum absolute atomic E-state index is 12.1. The standard InChI is InChI=1S/C18H34N2O/c1-14(2)18(21)19(4)17-7-5-16(6-8-17)13-20-11-9-15(3)10-12-20/h14-17H,5-13H2,1-4H3. The lowest BCUT2D eigenvalue weighted by Crippen LogP contribution is -2.43. The Hall–Kier alpha value is -0.570. The van der Waals surface area contributed by atoms with Crippen LogP contribution in [-0.2, 0) is 4.79 Å². The van der Waals surface area contributed by atoms with Crippen molar-refractivity contribution < 1.29 is 4.79 Å². The first kappa shape index (κ1) is 16.8. The topological polar surface area (TPSA) is 23.6 Å². The van der Waals surface area contributed by atoms with E-state index in [1.807, 2.05) is 25.8 Å². The molecular weight excluding hydrogens is 260 g/mol. The second kappa shape index (κ2) is 7.62. The smallest absolute Gasteiger partial charge is 0.225 e. The van der Waals surface area contributed by atoms with Gasteiger partial charge in [-0.1, -0.05) is 20.8 Å². The molecule has 2 rings (SSSR count). The van der Waals surface area contributed by atoms with Crippen LogP contribution in [0.15, 0.2) is 0 Å². The van der Waals surface area contributed by atoms with Gasteiger partial charge in [-0.2, -0.15) is 0 Å². The van der Waals surface area contributed by atoms with Crippen LogP contribution >= 0.6 is 0 Å². The Morgan fingerprint density at radius 2 is 1.67 bits per heavy atom. The van der Waals surface area contributed by atoms with Crippen LogP contribution in [0.25, 0.3) is 0 Å². The van der Waals surface area contributed by atoms with Gasteiger partial charge in [0.15, 0.2) is 0 Å². The summed E-state index contributed by atoms with van der Waals surface area (Å²) in [6.45, 7) is 10.3. The SMILES string of the molecule is CC1CCN(CC2CCC(N(C)C(=O)C(C)C)CC2)CC1. The minimum absolute atomic E-state index is 0.128. The van der Waals surface area contributed by atoms with Crippen LogP contribution < -0.4 is 0 Å². The molecule has 2 fully saturated rings. The molecule has 1 aliphatic heterocycles. The first-order valence-electron chi connectivity index (χ1n) is 8.96. The summed E-state index contributed by atoms with van der Waals surface area (Å²) >= 11 is 0. The van der Waals surface area contributed by atoms with E-state index in [2.05, 4.69) is 11.8 Å². The molecule has 122 valence electrons. The number of hydrogen-bond donors (Lipinski definition) is 0. The summed E-state index contributed by atoms with van der Waals surface area (Å²) in [7, 11) is 2.00. The number of carbonyl (C=O) groups is 1. The van der Waals surface area contributed by atoms with Crippen LogP contribution in [0.3, 0.4) is 0 Å². The zero-order valence-corrected chi connectivity index (χ0v) is 14.5. The molecule has 0 atom stereocenters. The fraction of sp³-hybridized carbons (Fsp3) is 0.944. The summed E-state index contributed by atoms with van der Waals surface area (Å²) in [5.41, 5.74) is 0. The highest BCUT2D eigenvalue weighted by molar-refractivity contribution is 5.78. The summed E-state index contributed by atoms with van der Waals surface area (Å²) in [4.78, 5) is 16.8. The summed E-state index contributed by atoms with van der Waals surface area (Å²) < 4.78 is 0. The first-order chi connectivity index (χ1) is 9.97. The van der Waals surface area contributed by atoms with Gasteiger partial charge in [0, 0.05) is 25.6 Å². The van der Waals surface area contributed by atoms with E-state index in [9.17, 15) is 4.79 Å². The summed E-state index contributed by atoms with van der Waals surface area (Å²) in [6, 6.07) is 0.484. The molecule has 1 saturated heterocycles. The van der Waals surface area contributed by atoms with Gasteiger partial charge in [-0.05, 0) is 63.5 Å². The van der Waals surface area contributed by atoms with Crippen molar-refractivity contribution in [3.63, 3.8) is 0 Å². The monoisotopic (exact) mass is 294 g/mol. The lowest BCUT2D eigenvalue weighted by Gasteiger charge is -2.38. The Bertz CT molecular complexity index is 326. The number of likely N-dealkylation sites (tertiary alicyclic amines) is 1. The fourth-order valence-corrected chi connectivity index (χ4v) is 3.91. The third-order valence-electron chi connectivity index (χ3n) is 5.60. The second-order valence-electron chi connectivity index (χ2n) is 7.76. The van der Waals surface area contributed by atoms with Gasteiger partial charge in [-0.25, -0.2) is 0 Å². The van der Waals surface area contributed by atoms with E-state index < -0.39 is 0 Å². The van der Waals surface area contributed by atoms with Gasteiger partial charge in [0.05, 0.1) is 0 Å². The van der Waals surface area contributed by atoms with Gasteiger partial charge in [0.1, 0.15) is 0 Å². The van der Waals surface area contributed by atoms with Crippen molar-refractivity contribution in [1.82, 2.24) is 9.80 Å². The number of nitrogens with zero attached hydrogens (tertiary/aromatic N) is 2. The van der Waals surface area contributed by atoms with E-state index in [1.165, 1.54) is 58.2 Å². The van der Waals surface area contributed by atoms with Crippen LogP contribution in [-0.4, -0.2) is 48.4 Å². The van der Waals surface area contributed by atoms with Crippen molar-refractivity contribution in [2.24, 2.45) is 17.8 Å². The van der Waals surface area contributed by atoms with E-state index in [-0.39, 0.29) is 5.92 Å². The molecule has 0 aromatic heterocycles. The highest BCUT2D eigenvalue weighted by atomic mass is 16.2. The molecule has 0 aromatic rings. The summed E-state index contributed by atoms with van der Waals surface area (Å²) in [5.74, 6) is 2.22. The molecule has 1 amide bonds. The molecule has 21 heavy (non-hydrogen) atoms. The fourth-order valence-electron chi connectivity index (χ4n) is 3.91. The minimum Gasteiger partial charge on any atom is -0.343 e. The Morgan fingerprint density at radius 1 is 1.10 bits per heavy atom. The van der Waals surface area contributed by atoms with E-state index in [1.54, 1.807) is 0 Å². The van der Waals surface area contributed by atoms with Crippen LogP contribution in [0.1, 0.15) is 59.3 Å². The number of hydrogen-bond acceptors (Lipinski definition) is 2. The van der Waals surface area contributed by atoms with Crippen molar-refractivity contribution in [2.45, 2.75) is 65.3 Å². The third-order valence-corrected chi connectivity index (χ3v) is 5.60. The first-order valence-corrected chi connectivity index (χ1v) is 8.96. The normalized spacial score (nSPS) is 28.8. The van der Waals surface area contributed by atoms with E-state index in [0.29, 0.717) is 11.9 Å². The third kappa shape index (κ3) is 4.70.